The molecule has 1 amide bonds. The summed E-state index contributed by atoms with van der Waals surface area (Å²) in [5.41, 5.74) is -3.65. The van der Waals surface area contributed by atoms with Crippen LogP contribution in [0.25, 0.3) is 0 Å². The Hall–Kier alpha value is -4.48. The summed E-state index contributed by atoms with van der Waals surface area (Å²) >= 11 is 0. The van der Waals surface area contributed by atoms with Gasteiger partial charge >= 0.3 is 18.7 Å². The number of rotatable bonds is 9. The maximum Gasteiger partial charge on any atom is 0.461 e. The van der Waals surface area contributed by atoms with E-state index in [9.17, 15) is 44.3 Å². The third kappa shape index (κ3) is 6.87. The third-order valence-electron chi connectivity index (χ3n) is 6.28. The second-order valence-corrected chi connectivity index (χ2v) is 9.25. The van der Waals surface area contributed by atoms with Gasteiger partial charge in [0.2, 0.25) is 0 Å². The van der Waals surface area contributed by atoms with Crippen LogP contribution in [0.5, 0.6) is 5.75 Å². The van der Waals surface area contributed by atoms with Gasteiger partial charge in [0, 0.05) is 18.1 Å². The van der Waals surface area contributed by atoms with Crippen molar-refractivity contribution in [1.82, 2.24) is 5.32 Å². The number of carbonyl (C=O) groups is 1. The lowest BCUT2D eigenvalue weighted by Gasteiger charge is -2.37. The summed E-state index contributed by atoms with van der Waals surface area (Å²) in [6.45, 7) is 0. The molecule has 0 aromatic heterocycles. The minimum Gasteiger partial charge on any atom is -0.428 e. The average molecular weight is 597 g/mol. The zero-order valence-electron chi connectivity index (χ0n) is 21.2. The molecule has 42 heavy (non-hydrogen) atoms. The summed E-state index contributed by atoms with van der Waals surface area (Å²) < 4.78 is 127. The molecule has 0 fully saturated rings. The summed E-state index contributed by atoms with van der Waals surface area (Å²) in [4.78, 5) is 13.5. The van der Waals surface area contributed by atoms with E-state index >= 15 is 0 Å². The number of ether oxygens (including phenoxy) is 1. The standard InChI is InChI=1S/C30H20F9NO2/c31-23-11-5-9-20(13-23)28(17-18-6-2-1-3-7-18,40-26(41)19-8-4-10-21(12-19)29(35,36)37)22-14-24(32)16-25(15-22)42-30(38,39)27(33)34/h1-16,27H,17H2,(H,40,41)/t28-/m1/s1. The van der Waals surface area contributed by atoms with E-state index < -0.39 is 58.7 Å². The van der Waals surface area contributed by atoms with Gasteiger partial charge in [-0.2, -0.15) is 30.7 Å². The maximum absolute atomic E-state index is 14.9. The van der Waals surface area contributed by atoms with Crippen LogP contribution < -0.4 is 10.1 Å². The van der Waals surface area contributed by atoms with E-state index in [0.29, 0.717) is 17.7 Å². The van der Waals surface area contributed by atoms with Gasteiger partial charge in [0.15, 0.2) is 0 Å². The molecule has 220 valence electrons. The Morgan fingerprint density at radius 1 is 0.714 bits per heavy atom. The van der Waals surface area contributed by atoms with Crippen molar-refractivity contribution in [3.05, 3.63) is 137 Å². The van der Waals surface area contributed by atoms with Crippen LogP contribution in [0.4, 0.5) is 39.5 Å². The number of benzene rings is 4. The van der Waals surface area contributed by atoms with Crippen molar-refractivity contribution < 1.29 is 49.0 Å². The summed E-state index contributed by atoms with van der Waals surface area (Å²) in [5, 5.41) is 2.54. The molecule has 0 saturated carbocycles. The largest absolute Gasteiger partial charge is 0.461 e. The molecule has 0 spiro atoms. The molecule has 4 aromatic rings. The third-order valence-corrected chi connectivity index (χ3v) is 6.28. The van der Waals surface area contributed by atoms with Crippen LogP contribution in [-0.4, -0.2) is 18.4 Å². The number of alkyl halides is 7. The van der Waals surface area contributed by atoms with Crippen LogP contribution in [0.3, 0.4) is 0 Å². The maximum atomic E-state index is 14.9. The second-order valence-electron chi connectivity index (χ2n) is 9.25. The van der Waals surface area contributed by atoms with Crippen LogP contribution in [-0.2, 0) is 18.1 Å². The van der Waals surface area contributed by atoms with E-state index in [0.717, 1.165) is 42.5 Å². The van der Waals surface area contributed by atoms with Crippen molar-refractivity contribution in [1.29, 1.82) is 0 Å². The van der Waals surface area contributed by atoms with Gasteiger partial charge in [-0.05, 0) is 59.2 Å². The van der Waals surface area contributed by atoms with Gasteiger partial charge in [0.1, 0.15) is 17.4 Å². The summed E-state index contributed by atoms with van der Waals surface area (Å²) in [6.07, 6.45) is -14.4. The molecule has 1 atom stereocenters. The Kier molecular flexibility index (Phi) is 8.55. The van der Waals surface area contributed by atoms with Gasteiger partial charge in [-0.3, -0.25) is 4.79 Å². The molecule has 0 unspecified atom stereocenters. The number of carbonyl (C=O) groups excluding carboxylic acids is 1. The Morgan fingerprint density at radius 2 is 1.36 bits per heavy atom. The minimum atomic E-state index is -5.02. The first kappa shape index (κ1) is 30.5. The van der Waals surface area contributed by atoms with E-state index in [1.165, 1.54) is 12.1 Å². The van der Waals surface area contributed by atoms with Crippen molar-refractivity contribution >= 4 is 5.91 Å². The fraction of sp³-hybridized carbons (Fsp3) is 0.167. The van der Waals surface area contributed by atoms with Crippen LogP contribution in [0.2, 0.25) is 0 Å². The molecule has 4 aromatic carbocycles. The molecule has 12 heteroatoms. The van der Waals surface area contributed by atoms with Crippen LogP contribution in [0.15, 0.2) is 97.1 Å². The van der Waals surface area contributed by atoms with Crippen molar-refractivity contribution in [3.8, 4) is 5.75 Å². The van der Waals surface area contributed by atoms with Crippen LogP contribution >= 0.6 is 0 Å². The van der Waals surface area contributed by atoms with Gasteiger partial charge < -0.3 is 10.1 Å². The fourth-order valence-corrected chi connectivity index (χ4v) is 4.39. The number of hydrogen-bond acceptors (Lipinski definition) is 2. The first-order chi connectivity index (χ1) is 19.7. The fourth-order valence-electron chi connectivity index (χ4n) is 4.39. The predicted octanol–water partition coefficient (Wildman–Crippen LogP) is 8.14. The molecule has 0 aliphatic heterocycles. The number of nitrogens with one attached hydrogen (secondary N) is 1. The monoisotopic (exact) mass is 597 g/mol. The highest BCUT2D eigenvalue weighted by Gasteiger charge is 2.45. The first-order valence-corrected chi connectivity index (χ1v) is 12.2. The minimum absolute atomic E-state index is 0.0659. The summed E-state index contributed by atoms with van der Waals surface area (Å²) in [5.74, 6) is -4.23. The quantitative estimate of drug-likeness (QED) is 0.198. The topological polar surface area (TPSA) is 38.3 Å². The van der Waals surface area contributed by atoms with Gasteiger partial charge in [-0.1, -0.05) is 48.5 Å². The Balaban J connectivity index is 1.95. The van der Waals surface area contributed by atoms with Crippen molar-refractivity contribution in [2.45, 2.75) is 30.7 Å². The van der Waals surface area contributed by atoms with Gasteiger partial charge in [0.05, 0.1) is 11.1 Å². The average Bonchev–Trinajstić information content (AvgIpc) is 2.92. The molecular formula is C30H20F9NO2. The molecule has 0 aliphatic carbocycles. The van der Waals surface area contributed by atoms with E-state index in [-0.39, 0.29) is 17.5 Å². The van der Waals surface area contributed by atoms with Crippen LogP contribution in [0, 0.1) is 11.6 Å². The highest BCUT2D eigenvalue weighted by Crippen LogP contribution is 2.38. The SMILES string of the molecule is O=C(N[C@](Cc1ccccc1)(c1cccc(F)c1)c1cc(F)cc(OC(F)(F)C(F)F)c1)c1cccc(C(F)(F)F)c1. The Labute approximate surface area is 233 Å². The van der Waals surface area contributed by atoms with E-state index in [1.54, 1.807) is 30.3 Å². The number of amides is 1. The van der Waals surface area contributed by atoms with Crippen molar-refractivity contribution in [3.63, 3.8) is 0 Å². The van der Waals surface area contributed by atoms with Gasteiger partial charge in [-0.25, -0.2) is 8.78 Å². The molecule has 0 bridgehead atoms. The van der Waals surface area contributed by atoms with Gasteiger partial charge in [-0.15, -0.1) is 0 Å². The lowest BCUT2D eigenvalue weighted by molar-refractivity contribution is -0.253. The van der Waals surface area contributed by atoms with E-state index in [4.69, 9.17) is 0 Å². The summed E-state index contributed by atoms with van der Waals surface area (Å²) in [7, 11) is 0. The first-order valence-electron chi connectivity index (χ1n) is 12.2. The molecule has 4 rings (SSSR count). The smallest absolute Gasteiger partial charge is 0.428 e. The predicted molar refractivity (Wildman–Crippen MR) is 134 cm³/mol. The highest BCUT2D eigenvalue weighted by atomic mass is 19.4. The molecule has 0 radical (unpaired) electrons. The van der Waals surface area contributed by atoms with Crippen molar-refractivity contribution in [2.75, 3.05) is 0 Å². The molecule has 3 nitrogen and oxygen atoms in total. The Morgan fingerprint density at radius 3 is 2.00 bits per heavy atom. The molecule has 1 N–H and O–H groups in total. The molecule has 0 saturated heterocycles. The molecule has 0 aliphatic rings. The van der Waals surface area contributed by atoms with Gasteiger partial charge in [0.25, 0.3) is 5.91 Å². The molecular weight excluding hydrogens is 577 g/mol. The Bertz CT molecular complexity index is 1560. The van der Waals surface area contributed by atoms with Crippen molar-refractivity contribution in [2.24, 2.45) is 0 Å². The second kappa shape index (κ2) is 11.8. The number of halogens is 9. The number of hydrogen-bond donors (Lipinski definition) is 1. The normalized spacial score (nSPS) is 13.5. The lowest BCUT2D eigenvalue weighted by atomic mass is 9.77. The molecule has 0 heterocycles. The van der Waals surface area contributed by atoms with E-state index in [1.807, 2.05) is 0 Å². The summed E-state index contributed by atoms with van der Waals surface area (Å²) in [6, 6.07) is 17.9. The zero-order valence-corrected chi connectivity index (χ0v) is 21.2. The lowest BCUT2D eigenvalue weighted by Crippen LogP contribution is -2.49. The van der Waals surface area contributed by atoms with E-state index in [2.05, 4.69) is 10.1 Å². The highest BCUT2D eigenvalue weighted by molar-refractivity contribution is 5.95. The zero-order chi connectivity index (χ0) is 30.7. The van der Waals surface area contributed by atoms with Crippen LogP contribution in [0.1, 0.15) is 32.6 Å².